The fourth-order valence-corrected chi connectivity index (χ4v) is 1.59. The molecule has 5 heteroatoms. The van der Waals surface area contributed by atoms with Crippen molar-refractivity contribution < 1.29 is 8.78 Å². The third-order valence-electron chi connectivity index (χ3n) is 2.43. The van der Waals surface area contributed by atoms with Crippen LogP contribution in [-0.2, 0) is 0 Å². The normalized spacial score (nSPS) is 10.4. The molecule has 1 heterocycles. The quantitative estimate of drug-likeness (QED) is 0.903. The number of benzene rings is 1. The molecule has 0 spiro atoms. The van der Waals surface area contributed by atoms with Crippen molar-refractivity contribution in [2.45, 2.75) is 13.3 Å². The Bertz CT molecular complexity index is 544. The number of hydrogen-bond acceptors (Lipinski definition) is 3. The molecule has 0 saturated carbocycles. The SMILES string of the molecule is CCCNc1nccnc1-c1ccc(F)cc1F. The minimum Gasteiger partial charge on any atom is -0.368 e. The summed E-state index contributed by atoms with van der Waals surface area (Å²) in [5, 5.41) is 3.07. The number of halogens is 2. The average molecular weight is 249 g/mol. The number of aromatic nitrogens is 2. The summed E-state index contributed by atoms with van der Waals surface area (Å²) in [6.45, 7) is 2.73. The van der Waals surface area contributed by atoms with Gasteiger partial charge in [0.15, 0.2) is 5.82 Å². The number of anilines is 1. The lowest BCUT2D eigenvalue weighted by atomic mass is 10.1. The first-order chi connectivity index (χ1) is 8.72. The van der Waals surface area contributed by atoms with E-state index in [9.17, 15) is 8.78 Å². The van der Waals surface area contributed by atoms with E-state index in [2.05, 4.69) is 15.3 Å². The summed E-state index contributed by atoms with van der Waals surface area (Å²) >= 11 is 0. The predicted octanol–water partition coefficient (Wildman–Crippen LogP) is 3.24. The first-order valence-electron chi connectivity index (χ1n) is 5.72. The van der Waals surface area contributed by atoms with E-state index in [1.807, 2.05) is 6.92 Å². The van der Waals surface area contributed by atoms with Crippen LogP contribution in [-0.4, -0.2) is 16.5 Å². The van der Waals surface area contributed by atoms with Crippen LogP contribution in [0.2, 0.25) is 0 Å². The number of nitrogens with one attached hydrogen (secondary N) is 1. The molecule has 0 radical (unpaired) electrons. The van der Waals surface area contributed by atoms with Gasteiger partial charge in [-0.25, -0.2) is 13.8 Å². The van der Waals surface area contributed by atoms with Crippen LogP contribution in [0, 0.1) is 11.6 Å². The molecule has 0 aliphatic heterocycles. The van der Waals surface area contributed by atoms with Crippen molar-refractivity contribution >= 4 is 5.82 Å². The summed E-state index contributed by atoms with van der Waals surface area (Å²) in [6, 6.07) is 3.41. The van der Waals surface area contributed by atoms with Crippen molar-refractivity contribution in [3.05, 3.63) is 42.2 Å². The lowest BCUT2D eigenvalue weighted by molar-refractivity contribution is 0.585. The fourth-order valence-electron chi connectivity index (χ4n) is 1.59. The van der Waals surface area contributed by atoms with Crippen molar-refractivity contribution in [3.63, 3.8) is 0 Å². The van der Waals surface area contributed by atoms with Gasteiger partial charge in [0, 0.05) is 30.6 Å². The van der Waals surface area contributed by atoms with Crippen LogP contribution < -0.4 is 5.32 Å². The lowest BCUT2D eigenvalue weighted by Gasteiger charge is -2.09. The van der Waals surface area contributed by atoms with Crippen LogP contribution in [0.1, 0.15) is 13.3 Å². The first-order valence-corrected chi connectivity index (χ1v) is 5.72. The van der Waals surface area contributed by atoms with Gasteiger partial charge in [-0.05, 0) is 18.6 Å². The van der Waals surface area contributed by atoms with Crippen LogP contribution in [0.25, 0.3) is 11.3 Å². The van der Waals surface area contributed by atoms with Gasteiger partial charge in [-0.15, -0.1) is 0 Å². The molecule has 2 rings (SSSR count). The predicted molar refractivity (Wildman–Crippen MR) is 66.2 cm³/mol. The van der Waals surface area contributed by atoms with Gasteiger partial charge in [0.1, 0.15) is 17.3 Å². The molecular formula is C13H13F2N3. The van der Waals surface area contributed by atoms with Gasteiger partial charge in [0.05, 0.1) is 0 Å². The Labute approximate surface area is 104 Å². The molecule has 94 valence electrons. The van der Waals surface area contributed by atoms with Crippen LogP contribution >= 0.6 is 0 Å². The Kier molecular flexibility index (Phi) is 3.82. The number of hydrogen-bond donors (Lipinski definition) is 1. The fraction of sp³-hybridized carbons (Fsp3) is 0.231. The zero-order valence-electron chi connectivity index (χ0n) is 9.95. The number of rotatable bonds is 4. The van der Waals surface area contributed by atoms with Gasteiger partial charge in [-0.3, -0.25) is 4.98 Å². The summed E-state index contributed by atoms with van der Waals surface area (Å²) in [7, 11) is 0. The maximum absolute atomic E-state index is 13.7. The van der Waals surface area contributed by atoms with Crippen molar-refractivity contribution in [2.75, 3.05) is 11.9 Å². The van der Waals surface area contributed by atoms with E-state index in [0.29, 0.717) is 18.1 Å². The molecule has 0 fully saturated rings. The van der Waals surface area contributed by atoms with E-state index in [4.69, 9.17) is 0 Å². The van der Waals surface area contributed by atoms with E-state index in [0.717, 1.165) is 12.5 Å². The highest BCUT2D eigenvalue weighted by Gasteiger charge is 2.12. The van der Waals surface area contributed by atoms with Crippen molar-refractivity contribution in [1.82, 2.24) is 9.97 Å². The molecule has 1 N–H and O–H groups in total. The van der Waals surface area contributed by atoms with E-state index < -0.39 is 11.6 Å². The summed E-state index contributed by atoms with van der Waals surface area (Å²) in [4.78, 5) is 8.23. The van der Waals surface area contributed by atoms with E-state index in [1.165, 1.54) is 24.5 Å². The van der Waals surface area contributed by atoms with Gasteiger partial charge < -0.3 is 5.32 Å². The smallest absolute Gasteiger partial charge is 0.152 e. The standard InChI is InChI=1S/C13H13F2N3/c1-2-5-17-13-12(16-6-7-18-13)10-4-3-9(14)8-11(10)15/h3-4,6-8H,2,5H2,1H3,(H,17,18). The summed E-state index contributed by atoms with van der Waals surface area (Å²) in [6.07, 6.45) is 3.93. The van der Waals surface area contributed by atoms with Crippen LogP contribution in [0.4, 0.5) is 14.6 Å². The minimum absolute atomic E-state index is 0.239. The molecule has 0 saturated heterocycles. The lowest BCUT2D eigenvalue weighted by Crippen LogP contribution is -2.05. The van der Waals surface area contributed by atoms with Crippen LogP contribution in [0.15, 0.2) is 30.6 Å². The van der Waals surface area contributed by atoms with E-state index >= 15 is 0 Å². The Hall–Kier alpha value is -2.04. The molecule has 0 atom stereocenters. The maximum Gasteiger partial charge on any atom is 0.152 e. The second-order valence-electron chi connectivity index (χ2n) is 3.80. The molecule has 2 aromatic rings. The molecular weight excluding hydrogens is 236 g/mol. The Balaban J connectivity index is 2.43. The van der Waals surface area contributed by atoms with Crippen molar-refractivity contribution in [2.24, 2.45) is 0 Å². The van der Waals surface area contributed by atoms with Gasteiger partial charge in [0.25, 0.3) is 0 Å². The van der Waals surface area contributed by atoms with Crippen molar-refractivity contribution in [1.29, 1.82) is 0 Å². The molecule has 0 unspecified atom stereocenters. The van der Waals surface area contributed by atoms with Gasteiger partial charge in [-0.1, -0.05) is 6.92 Å². The summed E-state index contributed by atoms with van der Waals surface area (Å²) in [5.41, 5.74) is 0.631. The summed E-state index contributed by atoms with van der Waals surface area (Å²) < 4.78 is 26.6. The molecule has 18 heavy (non-hydrogen) atoms. The molecule has 0 amide bonds. The molecule has 0 aliphatic carbocycles. The van der Waals surface area contributed by atoms with Crippen LogP contribution in [0.3, 0.4) is 0 Å². The molecule has 3 nitrogen and oxygen atoms in total. The topological polar surface area (TPSA) is 37.8 Å². The minimum atomic E-state index is -0.643. The second kappa shape index (κ2) is 5.53. The highest BCUT2D eigenvalue weighted by Crippen LogP contribution is 2.26. The third kappa shape index (κ3) is 2.61. The summed E-state index contributed by atoms with van der Waals surface area (Å²) in [5.74, 6) is -0.747. The van der Waals surface area contributed by atoms with Gasteiger partial charge >= 0.3 is 0 Å². The number of nitrogens with zero attached hydrogens (tertiary/aromatic N) is 2. The molecule has 0 aliphatic rings. The first kappa shape index (κ1) is 12.4. The Morgan fingerprint density at radius 3 is 2.67 bits per heavy atom. The van der Waals surface area contributed by atoms with Gasteiger partial charge in [0.2, 0.25) is 0 Å². The zero-order chi connectivity index (χ0) is 13.0. The maximum atomic E-state index is 13.7. The molecule has 0 bridgehead atoms. The highest BCUT2D eigenvalue weighted by molar-refractivity contribution is 5.71. The third-order valence-corrected chi connectivity index (χ3v) is 2.43. The average Bonchev–Trinajstić information content (AvgIpc) is 2.37. The zero-order valence-corrected chi connectivity index (χ0v) is 9.95. The van der Waals surface area contributed by atoms with E-state index in [1.54, 1.807) is 0 Å². The highest BCUT2D eigenvalue weighted by atomic mass is 19.1. The monoisotopic (exact) mass is 249 g/mol. The van der Waals surface area contributed by atoms with E-state index in [-0.39, 0.29) is 5.56 Å². The largest absolute Gasteiger partial charge is 0.368 e. The second-order valence-corrected chi connectivity index (χ2v) is 3.80. The van der Waals surface area contributed by atoms with Crippen LogP contribution in [0.5, 0.6) is 0 Å². The van der Waals surface area contributed by atoms with Crippen molar-refractivity contribution in [3.8, 4) is 11.3 Å². The molecule has 1 aromatic heterocycles. The molecule has 1 aromatic carbocycles. The van der Waals surface area contributed by atoms with Gasteiger partial charge in [-0.2, -0.15) is 0 Å². The Morgan fingerprint density at radius 2 is 1.94 bits per heavy atom. The Morgan fingerprint density at radius 1 is 1.17 bits per heavy atom.